The highest BCUT2D eigenvalue weighted by Crippen LogP contribution is 2.41. The second kappa shape index (κ2) is 11.8. The quantitative estimate of drug-likeness (QED) is 0.270. The summed E-state index contributed by atoms with van der Waals surface area (Å²) < 4.78 is 22.5. The van der Waals surface area contributed by atoms with Crippen molar-refractivity contribution in [3.8, 4) is 23.0 Å². The van der Waals surface area contributed by atoms with Crippen LogP contribution in [0.2, 0.25) is 0 Å². The van der Waals surface area contributed by atoms with E-state index >= 15 is 0 Å². The summed E-state index contributed by atoms with van der Waals surface area (Å²) in [5, 5.41) is 1.16. The fraction of sp³-hybridized carbons (Fsp3) is 0.346. The zero-order valence-electron chi connectivity index (χ0n) is 20.8. The number of fused-ring (bicyclic) bond motifs is 1. The Hall–Kier alpha value is -3.46. The van der Waals surface area contributed by atoms with E-state index in [1.165, 1.54) is 25.3 Å². The molecule has 0 radical (unpaired) electrons. The first-order valence-electron chi connectivity index (χ1n) is 11.2. The maximum Gasteiger partial charge on any atom is 0.286 e. The Bertz CT molecular complexity index is 1200. The third-order valence-electron chi connectivity index (χ3n) is 5.13. The van der Waals surface area contributed by atoms with Crippen molar-refractivity contribution in [1.29, 1.82) is 0 Å². The number of nitrogens with zero attached hydrogens (tertiary/aromatic N) is 2. The molecule has 0 unspecified atom stereocenters. The first-order chi connectivity index (χ1) is 16.9. The molecule has 0 atom stereocenters. The zero-order valence-corrected chi connectivity index (χ0v) is 21.7. The van der Waals surface area contributed by atoms with Gasteiger partial charge in [-0.1, -0.05) is 6.92 Å². The summed E-state index contributed by atoms with van der Waals surface area (Å²) in [5.41, 5.74) is 0.750. The van der Waals surface area contributed by atoms with Gasteiger partial charge in [-0.15, -0.1) is 0 Å². The van der Waals surface area contributed by atoms with Gasteiger partial charge in [0.15, 0.2) is 17.3 Å². The Morgan fingerprint density at radius 2 is 1.63 bits per heavy atom. The maximum atomic E-state index is 13.7. The smallest absolute Gasteiger partial charge is 0.286 e. The molecule has 0 N–H and O–H groups in total. The molecule has 2 aromatic carbocycles. The minimum absolute atomic E-state index is 0.160. The van der Waals surface area contributed by atoms with Crippen LogP contribution >= 0.6 is 11.8 Å². The minimum atomic E-state index is -0.263. The molecule has 0 aliphatic carbocycles. The summed E-state index contributed by atoms with van der Waals surface area (Å²) in [6.45, 7) is 4.80. The number of hydrogen-bond donors (Lipinski definition) is 0. The molecular weight excluding hydrogens is 468 g/mol. The van der Waals surface area contributed by atoms with Crippen LogP contribution in [0, 0.1) is 0 Å². The number of thioether (sulfide) groups is 1. The van der Waals surface area contributed by atoms with E-state index in [9.17, 15) is 9.59 Å². The van der Waals surface area contributed by atoms with Crippen LogP contribution in [0.15, 0.2) is 41.6 Å². The molecule has 9 heteroatoms. The Morgan fingerprint density at radius 1 is 0.943 bits per heavy atom. The summed E-state index contributed by atoms with van der Waals surface area (Å²) in [4.78, 5) is 32.6. The summed E-state index contributed by atoms with van der Waals surface area (Å²) in [5.74, 6) is 1.56. The van der Waals surface area contributed by atoms with Gasteiger partial charge in [-0.3, -0.25) is 14.6 Å². The number of hydrogen-bond acceptors (Lipinski definition) is 8. The normalized spacial score (nSPS) is 10.7. The molecule has 0 aliphatic rings. The van der Waals surface area contributed by atoms with Gasteiger partial charge in [0, 0.05) is 43.0 Å². The third kappa shape index (κ3) is 5.62. The molecule has 0 spiro atoms. The van der Waals surface area contributed by atoms with Crippen LogP contribution < -0.4 is 18.9 Å². The van der Waals surface area contributed by atoms with Crippen LogP contribution in [0.3, 0.4) is 0 Å². The second-order valence-corrected chi connectivity index (χ2v) is 8.72. The number of methoxy groups -OCH3 is 2. The van der Waals surface area contributed by atoms with Gasteiger partial charge in [0.2, 0.25) is 5.75 Å². The lowest BCUT2D eigenvalue weighted by atomic mass is 9.98. The molecule has 1 amide bonds. The molecule has 3 rings (SSSR count). The molecular formula is C26H30N2O6S. The van der Waals surface area contributed by atoms with Crippen LogP contribution in [0.5, 0.6) is 23.0 Å². The number of pyridine rings is 1. The van der Waals surface area contributed by atoms with Gasteiger partial charge in [-0.05, 0) is 54.8 Å². The van der Waals surface area contributed by atoms with Crippen molar-refractivity contribution in [2.24, 2.45) is 0 Å². The van der Waals surface area contributed by atoms with Gasteiger partial charge in [0.05, 0.1) is 32.3 Å². The van der Waals surface area contributed by atoms with Crippen LogP contribution in [-0.4, -0.2) is 62.4 Å². The van der Waals surface area contributed by atoms with Gasteiger partial charge < -0.3 is 23.8 Å². The summed E-state index contributed by atoms with van der Waals surface area (Å²) in [7, 11) is 6.40. The molecule has 3 aromatic rings. The van der Waals surface area contributed by atoms with E-state index in [1.807, 2.05) is 19.9 Å². The van der Waals surface area contributed by atoms with Crippen LogP contribution in [-0.2, 0) is 0 Å². The summed E-state index contributed by atoms with van der Waals surface area (Å²) in [6, 6.07) is 6.85. The fourth-order valence-corrected chi connectivity index (χ4v) is 4.30. The van der Waals surface area contributed by atoms with Crippen LogP contribution in [0.4, 0.5) is 4.79 Å². The van der Waals surface area contributed by atoms with E-state index in [2.05, 4.69) is 4.98 Å². The lowest BCUT2D eigenvalue weighted by molar-refractivity contribution is 0.103. The second-order valence-electron chi connectivity index (χ2n) is 7.76. The van der Waals surface area contributed by atoms with Gasteiger partial charge in [0.25, 0.3) is 5.24 Å². The maximum absolute atomic E-state index is 13.7. The van der Waals surface area contributed by atoms with Gasteiger partial charge in [-0.2, -0.15) is 0 Å². The highest BCUT2D eigenvalue weighted by atomic mass is 32.2. The number of ether oxygens (including phenoxy) is 4. The van der Waals surface area contributed by atoms with Crippen molar-refractivity contribution in [2.45, 2.75) is 25.2 Å². The molecule has 0 saturated heterocycles. The van der Waals surface area contributed by atoms with E-state index in [-0.39, 0.29) is 11.0 Å². The Morgan fingerprint density at radius 3 is 2.20 bits per heavy atom. The van der Waals surface area contributed by atoms with Crippen molar-refractivity contribution in [1.82, 2.24) is 9.88 Å². The van der Waals surface area contributed by atoms with E-state index in [1.54, 1.807) is 38.5 Å². The van der Waals surface area contributed by atoms with E-state index in [0.717, 1.165) is 18.2 Å². The largest absolute Gasteiger partial charge is 0.493 e. The average Bonchev–Trinajstić information content (AvgIpc) is 2.87. The standard InChI is InChI=1S/C26H30N2O6S/c1-7-11-34-24-21(31-5)12-16(13-22(24)32-6)23(29)18-14-27-15-19-17(18)9-10-20(33-8-2)25(19)35-26(30)28(3)4/h9-10,12-15H,7-8,11H2,1-6H3. The number of carbonyl (C=O) groups is 2. The van der Waals surface area contributed by atoms with E-state index in [4.69, 9.17) is 18.9 Å². The first-order valence-corrected chi connectivity index (χ1v) is 12.0. The number of amides is 1. The van der Waals surface area contributed by atoms with Crippen molar-refractivity contribution in [3.63, 3.8) is 0 Å². The summed E-state index contributed by atoms with van der Waals surface area (Å²) >= 11 is 1.04. The minimum Gasteiger partial charge on any atom is -0.493 e. The highest BCUT2D eigenvalue weighted by Gasteiger charge is 2.23. The van der Waals surface area contributed by atoms with Crippen LogP contribution in [0.1, 0.15) is 36.2 Å². The van der Waals surface area contributed by atoms with Crippen LogP contribution in [0.25, 0.3) is 10.8 Å². The molecule has 0 aliphatic heterocycles. The number of benzene rings is 2. The molecule has 0 fully saturated rings. The molecule has 1 aromatic heterocycles. The number of carbonyl (C=O) groups excluding carboxylic acids is 2. The van der Waals surface area contributed by atoms with Gasteiger partial charge >= 0.3 is 0 Å². The number of rotatable bonds is 10. The predicted molar refractivity (Wildman–Crippen MR) is 137 cm³/mol. The Labute approximate surface area is 209 Å². The fourth-order valence-electron chi connectivity index (χ4n) is 3.45. The zero-order chi connectivity index (χ0) is 25.5. The number of aromatic nitrogens is 1. The van der Waals surface area contributed by atoms with Crippen molar-refractivity contribution in [3.05, 3.63) is 47.8 Å². The average molecular weight is 499 g/mol. The Balaban J connectivity index is 2.15. The van der Waals surface area contributed by atoms with Crippen molar-refractivity contribution < 1.29 is 28.5 Å². The van der Waals surface area contributed by atoms with Crippen molar-refractivity contribution in [2.75, 3.05) is 41.5 Å². The molecule has 1 heterocycles. The third-order valence-corrected chi connectivity index (χ3v) is 6.29. The highest BCUT2D eigenvalue weighted by molar-refractivity contribution is 8.13. The van der Waals surface area contributed by atoms with Crippen molar-refractivity contribution >= 4 is 33.6 Å². The lowest BCUT2D eigenvalue weighted by Gasteiger charge is -2.17. The van der Waals surface area contributed by atoms with E-state index < -0.39 is 0 Å². The van der Waals surface area contributed by atoms with Gasteiger partial charge in [0.1, 0.15) is 5.75 Å². The topological polar surface area (TPSA) is 87.2 Å². The van der Waals surface area contributed by atoms with Gasteiger partial charge in [-0.25, -0.2) is 0 Å². The molecule has 0 bridgehead atoms. The molecule has 0 saturated carbocycles. The molecule has 8 nitrogen and oxygen atoms in total. The Kier molecular flexibility index (Phi) is 8.81. The first kappa shape index (κ1) is 26.2. The SMILES string of the molecule is CCCOc1c(OC)cc(C(=O)c2cncc3c(SC(=O)N(C)C)c(OCC)ccc23)cc1OC. The molecule has 35 heavy (non-hydrogen) atoms. The van der Waals surface area contributed by atoms with E-state index in [0.29, 0.717) is 63.0 Å². The lowest BCUT2D eigenvalue weighted by Crippen LogP contribution is -2.16. The monoisotopic (exact) mass is 498 g/mol. The predicted octanol–water partition coefficient (Wildman–Crippen LogP) is 5.44. The molecule has 186 valence electrons. The summed E-state index contributed by atoms with van der Waals surface area (Å²) in [6.07, 6.45) is 3.98. The number of ketones is 1.